The van der Waals surface area contributed by atoms with Crippen LogP contribution in [-0.2, 0) is 0 Å². The van der Waals surface area contributed by atoms with Gasteiger partial charge in [0, 0.05) is 0 Å². The van der Waals surface area contributed by atoms with Gasteiger partial charge >= 0.3 is 0 Å². The van der Waals surface area contributed by atoms with Crippen LogP contribution in [-0.4, -0.2) is 11.5 Å². The largest absolute Gasteiger partial charge is 0.467 e. The van der Waals surface area contributed by atoms with E-state index in [0.29, 0.717) is 0 Å². The van der Waals surface area contributed by atoms with Gasteiger partial charge in [0.05, 0.1) is 7.63 Å². The van der Waals surface area contributed by atoms with Crippen LogP contribution in [0.25, 0.3) is 0 Å². The van der Waals surface area contributed by atoms with E-state index in [1.54, 1.807) is 29.8 Å². The van der Waals surface area contributed by atoms with Gasteiger partial charge in [-0.2, -0.15) is 0 Å². The Hall–Kier alpha value is -0.0200. The Morgan fingerprint density at radius 1 is 1.55 bits per heavy atom. The van der Waals surface area contributed by atoms with Crippen LogP contribution in [0.4, 0.5) is 0 Å². The van der Waals surface area contributed by atoms with Gasteiger partial charge in [0.2, 0.25) is 0 Å². The van der Waals surface area contributed by atoms with Crippen molar-refractivity contribution >= 4 is 23.5 Å². The van der Waals surface area contributed by atoms with E-state index in [9.17, 15) is 0 Å². The number of rotatable bonds is 1. The number of furan rings is 1. The van der Waals surface area contributed by atoms with E-state index in [4.69, 9.17) is 5.79 Å². The molecule has 0 unspecified atom stereocenters. The summed E-state index contributed by atoms with van der Waals surface area (Å²) in [6.45, 7) is 0. The van der Waals surface area contributed by atoms with Crippen molar-refractivity contribution in [1.29, 1.82) is 0 Å². The first-order valence-corrected chi connectivity index (χ1v) is 5.60. The first-order chi connectivity index (χ1) is 5.81. The lowest BCUT2D eigenvalue weighted by molar-refractivity contribution is 0.528. The van der Waals surface area contributed by atoms with Gasteiger partial charge in [-0.3, -0.25) is 0 Å². The van der Waals surface area contributed by atoms with Gasteiger partial charge in [-0.1, -0.05) is 0 Å². The standard InChI is InChI=1S/C8H10OS2/c1-3-7(9-4-1)8-10-5-2-6-11-8/h1,3-4,8H,2,5-6H2/i8D. The summed E-state index contributed by atoms with van der Waals surface area (Å²) >= 11 is 3.32. The highest BCUT2D eigenvalue weighted by Crippen LogP contribution is 2.43. The minimum absolute atomic E-state index is 0.582. The van der Waals surface area contributed by atoms with Gasteiger partial charge in [-0.25, -0.2) is 0 Å². The maximum atomic E-state index is 8.11. The van der Waals surface area contributed by atoms with Crippen LogP contribution in [0, 0.1) is 0 Å². The molecule has 0 bridgehead atoms. The fourth-order valence-electron chi connectivity index (χ4n) is 0.967. The van der Waals surface area contributed by atoms with Gasteiger partial charge in [-0.15, -0.1) is 23.5 Å². The molecule has 0 aromatic carbocycles. The number of thioether (sulfide) groups is 2. The summed E-state index contributed by atoms with van der Waals surface area (Å²) in [5.74, 6) is 2.91. The van der Waals surface area contributed by atoms with Crippen molar-refractivity contribution in [3.05, 3.63) is 24.2 Å². The predicted octanol–water partition coefficient (Wildman–Crippen LogP) is 3.15. The van der Waals surface area contributed by atoms with Crippen molar-refractivity contribution in [1.82, 2.24) is 0 Å². The average molecular weight is 187 g/mol. The predicted molar refractivity (Wildman–Crippen MR) is 51.0 cm³/mol. The van der Waals surface area contributed by atoms with Gasteiger partial charge in [0.15, 0.2) is 0 Å². The van der Waals surface area contributed by atoms with Crippen LogP contribution >= 0.6 is 23.5 Å². The molecule has 3 heteroatoms. The van der Waals surface area contributed by atoms with E-state index < -0.39 is 4.56 Å². The molecule has 2 heterocycles. The van der Waals surface area contributed by atoms with E-state index in [1.165, 1.54) is 6.42 Å². The second kappa shape index (κ2) is 3.59. The summed E-state index contributed by atoms with van der Waals surface area (Å²) in [7, 11) is 0. The lowest BCUT2D eigenvalue weighted by Crippen LogP contribution is -1.98. The van der Waals surface area contributed by atoms with Crippen LogP contribution < -0.4 is 0 Å². The Balaban J connectivity index is 2.19. The highest BCUT2D eigenvalue weighted by atomic mass is 32.2. The summed E-state index contributed by atoms with van der Waals surface area (Å²) in [6, 6.07) is 3.74. The molecule has 11 heavy (non-hydrogen) atoms. The molecular weight excluding hydrogens is 176 g/mol. The van der Waals surface area contributed by atoms with Crippen molar-refractivity contribution < 1.29 is 5.79 Å². The Bertz CT molecular complexity index is 242. The maximum Gasteiger partial charge on any atom is 0.126 e. The van der Waals surface area contributed by atoms with E-state index in [-0.39, 0.29) is 0 Å². The SMILES string of the molecule is [2H]C1(c2ccco2)SCCCS1. The lowest BCUT2D eigenvalue weighted by atomic mass is 10.5. The third-order valence-electron chi connectivity index (χ3n) is 1.48. The van der Waals surface area contributed by atoms with Gasteiger partial charge in [0.1, 0.15) is 10.3 Å². The number of hydrogen-bond acceptors (Lipinski definition) is 3. The summed E-state index contributed by atoms with van der Waals surface area (Å²) in [5.41, 5.74) is 0. The van der Waals surface area contributed by atoms with Crippen LogP contribution in [0.5, 0.6) is 0 Å². The topological polar surface area (TPSA) is 13.1 Å². The molecule has 1 aromatic heterocycles. The first-order valence-electron chi connectivity index (χ1n) is 4.13. The zero-order valence-corrected chi connectivity index (χ0v) is 7.71. The zero-order chi connectivity index (χ0) is 8.44. The summed E-state index contributed by atoms with van der Waals surface area (Å²) in [6.07, 6.45) is 2.85. The van der Waals surface area contributed by atoms with E-state index >= 15 is 0 Å². The molecule has 1 nitrogen and oxygen atoms in total. The van der Waals surface area contributed by atoms with E-state index in [1.807, 2.05) is 12.1 Å². The average Bonchev–Trinajstić information content (AvgIpc) is 2.58. The molecule has 1 saturated heterocycles. The second-order valence-electron chi connectivity index (χ2n) is 2.32. The van der Waals surface area contributed by atoms with Crippen LogP contribution in [0.2, 0.25) is 0 Å². The Labute approximate surface area is 76.3 Å². The fourth-order valence-corrected chi connectivity index (χ4v) is 3.45. The molecule has 0 amide bonds. The lowest BCUT2D eigenvalue weighted by Gasteiger charge is -2.18. The maximum absolute atomic E-state index is 8.11. The van der Waals surface area contributed by atoms with Crippen molar-refractivity contribution in [3.63, 3.8) is 0 Å². The normalized spacial score (nSPS) is 24.5. The van der Waals surface area contributed by atoms with Crippen molar-refractivity contribution in [2.24, 2.45) is 0 Å². The smallest absolute Gasteiger partial charge is 0.126 e. The highest BCUT2D eigenvalue weighted by molar-refractivity contribution is 8.16. The van der Waals surface area contributed by atoms with Gasteiger partial charge < -0.3 is 4.42 Å². The zero-order valence-electron chi connectivity index (χ0n) is 7.08. The minimum atomic E-state index is -0.582. The summed E-state index contributed by atoms with van der Waals surface area (Å²) in [4.78, 5) is 0. The fraction of sp³-hybridized carbons (Fsp3) is 0.500. The second-order valence-corrected chi connectivity index (χ2v) is 4.78. The molecule has 0 saturated carbocycles. The molecule has 0 radical (unpaired) electrons. The van der Waals surface area contributed by atoms with Gasteiger partial charge in [-0.05, 0) is 30.1 Å². The summed E-state index contributed by atoms with van der Waals surface area (Å²) in [5, 5.41) is 0. The number of hydrogen-bond donors (Lipinski definition) is 0. The quantitative estimate of drug-likeness (QED) is 0.670. The molecule has 0 spiro atoms. The van der Waals surface area contributed by atoms with Gasteiger partial charge in [0.25, 0.3) is 0 Å². The first kappa shape index (κ1) is 6.49. The third-order valence-corrected chi connectivity index (χ3v) is 4.10. The van der Waals surface area contributed by atoms with Crippen molar-refractivity contribution in [3.8, 4) is 0 Å². The van der Waals surface area contributed by atoms with Crippen LogP contribution in [0.1, 0.15) is 18.1 Å². The van der Waals surface area contributed by atoms with E-state index in [2.05, 4.69) is 0 Å². The molecule has 1 fully saturated rings. The monoisotopic (exact) mass is 187 g/mol. The minimum Gasteiger partial charge on any atom is -0.467 e. The molecule has 60 valence electrons. The Kier molecular flexibility index (Phi) is 2.12. The molecule has 1 aliphatic heterocycles. The Morgan fingerprint density at radius 3 is 3.00 bits per heavy atom. The van der Waals surface area contributed by atoms with Crippen LogP contribution in [0.15, 0.2) is 22.8 Å². The third kappa shape index (κ3) is 1.76. The summed E-state index contributed by atoms with van der Waals surface area (Å²) < 4.78 is 12.8. The Morgan fingerprint density at radius 2 is 2.36 bits per heavy atom. The molecule has 0 aliphatic carbocycles. The molecule has 1 aliphatic rings. The molecule has 1 aromatic rings. The van der Waals surface area contributed by atoms with Crippen molar-refractivity contribution in [2.75, 3.05) is 11.5 Å². The van der Waals surface area contributed by atoms with Crippen molar-refractivity contribution in [2.45, 2.75) is 11.0 Å². The van der Waals surface area contributed by atoms with E-state index in [0.717, 1.165) is 17.3 Å². The molecule has 0 atom stereocenters. The molecule has 2 rings (SSSR count). The molecule has 0 N–H and O–H groups in total. The van der Waals surface area contributed by atoms with Crippen LogP contribution in [0.3, 0.4) is 0 Å². The molecular formula is C8H10OS2. The highest BCUT2D eigenvalue weighted by Gasteiger charge is 2.18.